The number of benzene rings is 1. The van der Waals surface area contributed by atoms with E-state index < -0.39 is 5.91 Å². The Morgan fingerprint density at radius 3 is 2.83 bits per heavy atom. The van der Waals surface area contributed by atoms with Gasteiger partial charge in [-0.05, 0) is 36.8 Å². The van der Waals surface area contributed by atoms with E-state index in [1.165, 1.54) is 10.9 Å². The first-order valence-corrected chi connectivity index (χ1v) is 9.44. The Hall–Kier alpha value is -3.26. The lowest BCUT2D eigenvalue weighted by atomic mass is 10.3. The van der Waals surface area contributed by atoms with Crippen LogP contribution in [0.3, 0.4) is 0 Å². The van der Waals surface area contributed by atoms with Gasteiger partial charge in [-0.1, -0.05) is 24.6 Å². The molecule has 0 spiro atoms. The highest BCUT2D eigenvalue weighted by molar-refractivity contribution is 6.30. The maximum atomic E-state index is 12.5. The summed E-state index contributed by atoms with van der Waals surface area (Å²) >= 11 is 5.92. The SMILES string of the molecule is CCCNC(=O)c1c(NC(=O)c2ccc(COc3cccc(Cl)c3)o2)cnn1C. The number of hydrogen-bond donors (Lipinski definition) is 2. The standard InChI is InChI=1S/C20H21ClN4O4/c1-3-9-22-20(27)18-16(11-23-25(18)2)24-19(26)17-8-7-15(29-17)12-28-14-6-4-5-13(21)10-14/h4-8,10-11H,3,9,12H2,1-2H3,(H,22,27)(H,24,26). The Morgan fingerprint density at radius 1 is 1.24 bits per heavy atom. The van der Waals surface area contributed by atoms with Gasteiger partial charge in [-0.2, -0.15) is 5.10 Å². The second kappa shape index (κ2) is 9.29. The predicted molar refractivity (Wildman–Crippen MR) is 108 cm³/mol. The Kier molecular flexibility index (Phi) is 6.56. The Balaban J connectivity index is 1.64. The fourth-order valence-electron chi connectivity index (χ4n) is 2.59. The fraction of sp³-hybridized carbons (Fsp3) is 0.250. The van der Waals surface area contributed by atoms with Crippen LogP contribution in [0.25, 0.3) is 0 Å². The van der Waals surface area contributed by atoms with E-state index in [0.717, 1.165) is 6.42 Å². The smallest absolute Gasteiger partial charge is 0.291 e. The van der Waals surface area contributed by atoms with Crippen LogP contribution in [0.4, 0.5) is 5.69 Å². The van der Waals surface area contributed by atoms with Crippen LogP contribution in [0.2, 0.25) is 5.02 Å². The summed E-state index contributed by atoms with van der Waals surface area (Å²) in [6.45, 7) is 2.63. The largest absolute Gasteiger partial charge is 0.486 e. The highest BCUT2D eigenvalue weighted by Crippen LogP contribution is 2.20. The summed E-state index contributed by atoms with van der Waals surface area (Å²) in [6, 6.07) is 10.2. The van der Waals surface area contributed by atoms with Crippen molar-refractivity contribution in [2.24, 2.45) is 7.05 Å². The van der Waals surface area contributed by atoms with Crippen LogP contribution < -0.4 is 15.4 Å². The Morgan fingerprint density at radius 2 is 2.07 bits per heavy atom. The monoisotopic (exact) mass is 416 g/mol. The molecule has 29 heavy (non-hydrogen) atoms. The summed E-state index contributed by atoms with van der Waals surface area (Å²) < 4.78 is 12.6. The van der Waals surface area contributed by atoms with Crippen LogP contribution in [0.1, 0.15) is 40.1 Å². The van der Waals surface area contributed by atoms with Crippen molar-refractivity contribution >= 4 is 29.1 Å². The van der Waals surface area contributed by atoms with E-state index in [0.29, 0.717) is 28.8 Å². The molecule has 0 aliphatic carbocycles. The normalized spacial score (nSPS) is 10.6. The van der Waals surface area contributed by atoms with E-state index in [1.54, 1.807) is 43.4 Å². The van der Waals surface area contributed by atoms with Crippen molar-refractivity contribution in [2.75, 3.05) is 11.9 Å². The lowest BCUT2D eigenvalue weighted by molar-refractivity contribution is 0.0945. The average Bonchev–Trinajstić information content (AvgIpc) is 3.31. The van der Waals surface area contributed by atoms with Crippen LogP contribution >= 0.6 is 11.6 Å². The molecule has 0 aliphatic rings. The van der Waals surface area contributed by atoms with Gasteiger partial charge in [0.05, 0.1) is 11.9 Å². The van der Waals surface area contributed by atoms with Crippen molar-refractivity contribution in [3.8, 4) is 5.75 Å². The number of amides is 2. The van der Waals surface area contributed by atoms with Crippen LogP contribution in [-0.4, -0.2) is 28.1 Å². The number of anilines is 1. The number of halogens is 1. The van der Waals surface area contributed by atoms with Gasteiger partial charge in [-0.15, -0.1) is 0 Å². The number of carbonyl (C=O) groups excluding carboxylic acids is 2. The molecular weight excluding hydrogens is 396 g/mol. The van der Waals surface area contributed by atoms with E-state index in [4.69, 9.17) is 20.8 Å². The minimum absolute atomic E-state index is 0.0958. The molecule has 2 heterocycles. The van der Waals surface area contributed by atoms with Gasteiger partial charge >= 0.3 is 0 Å². The van der Waals surface area contributed by atoms with Crippen LogP contribution in [0, 0.1) is 0 Å². The fourth-order valence-corrected chi connectivity index (χ4v) is 2.77. The van der Waals surface area contributed by atoms with Crippen molar-refractivity contribution in [3.05, 3.63) is 64.8 Å². The molecule has 3 aromatic rings. The topological polar surface area (TPSA) is 98.4 Å². The van der Waals surface area contributed by atoms with Crippen molar-refractivity contribution in [2.45, 2.75) is 20.0 Å². The molecule has 2 N–H and O–H groups in total. The zero-order chi connectivity index (χ0) is 20.8. The third kappa shape index (κ3) is 5.17. The first-order valence-electron chi connectivity index (χ1n) is 9.06. The van der Waals surface area contributed by atoms with Gasteiger partial charge in [-0.25, -0.2) is 0 Å². The van der Waals surface area contributed by atoms with Crippen LogP contribution in [0.15, 0.2) is 47.0 Å². The summed E-state index contributed by atoms with van der Waals surface area (Å²) in [6.07, 6.45) is 2.22. The molecule has 3 rings (SSSR count). The van der Waals surface area contributed by atoms with E-state index >= 15 is 0 Å². The van der Waals surface area contributed by atoms with Gasteiger partial charge in [-0.3, -0.25) is 14.3 Å². The number of carbonyl (C=O) groups is 2. The predicted octanol–water partition coefficient (Wildman–Crippen LogP) is 3.64. The van der Waals surface area contributed by atoms with E-state index in [-0.39, 0.29) is 24.0 Å². The van der Waals surface area contributed by atoms with Gasteiger partial charge in [0, 0.05) is 18.6 Å². The number of hydrogen-bond acceptors (Lipinski definition) is 5. The quantitative estimate of drug-likeness (QED) is 0.584. The maximum absolute atomic E-state index is 12.5. The number of nitrogens with zero attached hydrogens (tertiary/aromatic N) is 2. The van der Waals surface area contributed by atoms with Crippen LogP contribution in [0.5, 0.6) is 5.75 Å². The second-order valence-corrected chi connectivity index (χ2v) is 6.69. The molecule has 0 bridgehead atoms. The Bertz CT molecular complexity index is 1010. The molecule has 1 aromatic carbocycles. The van der Waals surface area contributed by atoms with Gasteiger partial charge < -0.3 is 19.8 Å². The molecular formula is C20H21ClN4O4. The number of aryl methyl sites for hydroxylation is 1. The van der Waals surface area contributed by atoms with Crippen LogP contribution in [-0.2, 0) is 13.7 Å². The molecule has 2 aromatic heterocycles. The minimum atomic E-state index is -0.489. The number of ether oxygens (including phenoxy) is 1. The maximum Gasteiger partial charge on any atom is 0.291 e. The van der Waals surface area contributed by atoms with Gasteiger partial charge in [0.25, 0.3) is 11.8 Å². The van der Waals surface area contributed by atoms with Crippen molar-refractivity contribution in [1.82, 2.24) is 15.1 Å². The molecule has 2 amide bonds. The summed E-state index contributed by atoms with van der Waals surface area (Å²) in [5.41, 5.74) is 0.571. The summed E-state index contributed by atoms with van der Waals surface area (Å²) in [7, 11) is 1.63. The molecule has 0 atom stereocenters. The minimum Gasteiger partial charge on any atom is -0.486 e. The summed E-state index contributed by atoms with van der Waals surface area (Å²) in [5.74, 6) is 0.368. The molecule has 0 saturated carbocycles. The molecule has 0 fully saturated rings. The number of furan rings is 1. The highest BCUT2D eigenvalue weighted by atomic mass is 35.5. The zero-order valence-electron chi connectivity index (χ0n) is 16.1. The molecule has 152 valence electrons. The van der Waals surface area contributed by atoms with E-state index in [2.05, 4.69) is 15.7 Å². The molecule has 0 unspecified atom stereocenters. The summed E-state index contributed by atoms with van der Waals surface area (Å²) in [5, 5.41) is 10.0. The Labute approximate surface area is 172 Å². The summed E-state index contributed by atoms with van der Waals surface area (Å²) in [4.78, 5) is 24.8. The second-order valence-electron chi connectivity index (χ2n) is 6.25. The van der Waals surface area contributed by atoms with E-state index in [1.807, 2.05) is 6.92 Å². The lowest BCUT2D eigenvalue weighted by Crippen LogP contribution is -2.27. The van der Waals surface area contributed by atoms with Gasteiger partial charge in [0.1, 0.15) is 23.8 Å². The third-order valence-corrected chi connectivity index (χ3v) is 4.24. The van der Waals surface area contributed by atoms with E-state index in [9.17, 15) is 9.59 Å². The molecule has 9 heteroatoms. The number of aromatic nitrogens is 2. The first kappa shape index (κ1) is 20.5. The van der Waals surface area contributed by atoms with Gasteiger partial charge in [0.2, 0.25) is 0 Å². The molecule has 0 radical (unpaired) electrons. The average molecular weight is 417 g/mol. The number of rotatable bonds is 8. The molecule has 0 saturated heterocycles. The molecule has 0 aliphatic heterocycles. The van der Waals surface area contributed by atoms with Crippen molar-refractivity contribution in [3.63, 3.8) is 0 Å². The van der Waals surface area contributed by atoms with Crippen molar-refractivity contribution < 1.29 is 18.7 Å². The third-order valence-electron chi connectivity index (χ3n) is 4.00. The lowest BCUT2D eigenvalue weighted by Gasteiger charge is -2.07. The van der Waals surface area contributed by atoms with Crippen molar-refractivity contribution in [1.29, 1.82) is 0 Å². The highest BCUT2D eigenvalue weighted by Gasteiger charge is 2.20. The zero-order valence-corrected chi connectivity index (χ0v) is 16.8. The number of nitrogens with one attached hydrogen (secondary N) is 2. The van der Waals surface area contributed by atoms with Gasteiger partial charge in [0.15, 0.2) is 5.76 Å². The first-order chi connectivity index (χ1) is 14.0. The molecule has 8 nitrogen and oxygen atoms in total.